The molecule has 8 nitrogen and oxygen atoms in total. The molecule has 1 unspecified atom stereocenters. The Labute approximate surface area is 182 Å². The summed E-state index contributed by atoms with van der Waals surface area (Å²) in [4.78, 5) is 35.4. The molecule has 0 bridgehead atoms. The monoisotopic (exact) mass is 424 g/mol. The van der Waals surface area contributed by atoms with E-state index in [1.165, 1.54) is 7.11 Å². The van der Waals surface area contributed by atoms with E-state index in [4.69, 9.17) is 9.47 Å². The van der Waals surface area contributed by atoms with Crippen molar-refractivity contribution in [3.05, 3.63) is 47.2 Å². The topological polar surface area (TPSA) is 75.2 Å². The van der Waals surface area contributed by atoms with Gasteiger partial charge in [-0.05, 0) is 50.1 Å². The predicted molar refractivity (Wildman–Crippen MR) is 118 cm³/mol. The molecular formula is C23H28N4O4. The molecule has 164 valence electrons. The molecule has 2 aromatic rings. The van der Waals surface area contributed by atoms with Crippen LogP contribution in [0.25, 0.3) is 0 Å². The number of cyclic esters (lactones) is 1. The molecule has 0 saturated carbocycles. The van der Waals surface area contributed by atoms with Crippen LogP contribution in [0.15, 0.2) is 30.5 Å². The van der Waals surface area contributed by atoms with Gasteiger partial charge in [0.15, 0.2) is 0 Å². The largest absolute Gasteiger partial charge is 0.495 e. The first kappa shape index (κ1) is 21.0. The lowest BCUT2D eigenvalue weighted by Gasteiger charge is -2.36. The summed E-state index contributed by atoms with van der Waals surface area (Å²) in [5.74, 6) is 1.42. The number of piperazine rings is 1. The fraction of sp³-hybridized carbons (Fsp3) is 0.435. The first-order chi connectivity index (χ1) is 14.9. The van der Waals surface area contributed by atoms with Gasteiger partial charge in [-0.2, -0.15) is 0 Å². The Morgan fingerprint density at radius 2 is 1.90 bits per heavy atom. The third kappa shape index (κ3) is 4.02. The van der Waals surface area contributed by atoms with E-state index in [0.29, 0.717) is 36.7 Å². The Morgan fingerprint density at radius 1 is 1.16 bits per heavy atom. The quantitative estimate of drug-likeness (QED) is 0.751. The van der Waals surface area contributed by atoms with Gasteiger partial charge < -0.3 is 19.3 Å². The van der Waals surface area contributed by atoms with Gasteiger partial charge in [0.25, 0.3) is 5.91 Å². The number of hydrogen-bond acceptors (Lipinski definition) is 6. The summed E-state index contributed by atoms with van der Waals surface area (Å²) < 4.78 is 10.6. The van der Waals surface area contributed by atoms with E-state index < -0.39 is 6.09 Å². The van der Waals surface area contributed by atoms with E-state index in [2.05, 4.69) is 22.9 Å². The van der Waals surface area contributed by atoms with Crippen molar-refractivity contribution in [2.24, 2.45) is 0 Å². The van der Waals surface area contributed by atoms with Crippen molar-refractivity contribution in [3.8, 4) is 5.75 Å². The van der Waals surface area contributed by atoms with Crippen LogP contribution < -0.4 is 14.5 Å². The number of rotatable bonds is 4. The van der Waals surface area contributed by atoms with Crippen LogP contribution in [0.1, 0.15) is 28.4 Å². The summed E-state index contributed by atoms with van der Waals surface area (Å²) in [7, 11) is 1.54. The lowest BCUT2D eigenvalue weighted by molar-refractivity contribution is 0.0746. The van der Waals surface area contributed by atoms with Gasteiger partial charge in [0.2, 0.25) is 0 Å². The van der Waals surface area contributed by atoms with Crippen molar-refractivity contribution >= 4 is 23.5 Å². The third-order valence-electron chi connectivity index (χ3n) is 5.83. The predicted octanol–water partition coefficient (Wildman–Crippen LogP) is 3.01. The average molecular weight is 425 g/mol. The number of aryl methyl sites for hydroxylation is 2. The van der Waals surface area contributed by atoms with Gasteiger partial charge in [0.05, 0.1) is 18.8 Å². The van der Waals surface area contributed by atoms with Gasteiger partial charge >= 0.3 is 6.09 Å². The van der Waals surface area contributed by atoms with E-state index >= 15 is 0 Å². The molecule has 31 heavy (non-hydrogen) atoms. The lowest BCUT2D eigenvalue weighted by atomic mass is 10.1. The number of hydrogen-bond donors (Lipinski definition) is 0. The number of anilines is 2. The smallest absolute Gasteiger partial charge is 0.414 e. The van der Waals surface area contributed by atoms with Crippen molar-refractivity contribution in [3.63, 3.8) is 0 Å². The van der Waals surface area contributed by atoms with Gasteiger partial charge in [-0.15, -0.1) is 0 Å². The molecule has 0 radical (unpaired) electrons. The zero-order valence-corrected chi connectivity index (χ0v) is 18.4. The minimum atomic E-state index is -0.402. The number of carbonyl (C=O) groups excluding carboxylic acids is 2. The third-order valence-corrected chi connectivity index (χ3v) is 5.83. The van der Waals surface area contributed by atoms with Gasteiger partial charge in [-0.3, -0.25) is 9.69 Å². The molecule has 2 aliphatic heterocycles. The molecule has 8 heteroatoms. The highest BCUT2D eigenvalue weighted by atomic mass is 16.6. The lowest BCUT2D eigenvalue weighted by Crippen LogP contribution is -2.49. The summed E-state index contributed by atoms with van der Waals surface area (Å²) in [6, 6.07) is 7.25. The minimum absolute atomic E-state index is 0.0462. The zero-order chi connectivity index (χ0) is 22.1. The fourth-order valence-corrected chi connectivity index (χ4v) is 4.20. The van der Waals surface area contributed by atoms with Crippen molar-refractivity contribution < 1.29 is 19.1 Å². The van der Waals surface area contributed by atoms with Crippen LogP contribution in [0.3, 0.4) is 0 Å². The highest BCUT2D eigenvalue weighted by Crippen LogP contribution is 2.34. The molecule has 2 fully saturated rings. The first-order valence-corrected chi connectivity index (χ1v) is 10.5. The molecule has 2 amide bonds. The molecule has 1 atom stereocenters. The molecule has 0 spiro atoms. The van der Waals surface area contributed by atoms with Gasteiger partial charge in [0.1, 0.15) is 18.2 Å². The van der Waals surface area contributed by atoms with Crippen LogP contribution >= 0.6 is 0 Å². The van der Waals surface area contributed by atoms with Crippen LogP contribution in [0.4, 0.5) is 16.3 Å². The fourth-order valence-electron chi connectivity index (χ4n) is 4.20. The van der Waals surface area contributed by atoms with Crippen LogP contribution in [-0.4, -0.2) is 67.8 Å². The summed E-state index contributed by atoms with van der Waals surface area (Å²) in [5, 5.41) is 0. The molecule has 1 aromatic carbocycles. The highest BCUT2D eigenvalue weighted by Gasteiger charge is 2.33. The number of methoxy groups -OCH3 is 1. The van der Waals surface area contributed by atoms with Crippen molar-refractivity contribution in [2.75, 3.05) is 49.7 Å². The second-order valence-corrected chi connectivity index (χ2v) is 8.11. The van der Waals surface area contributed by atoms with E-state index in [1.807, 2.05) is 24.9 Å². The molecule has 2 aliphatic rings. The van der Waals surface area contributed by atoms with E-state index in [-0.39, 0.29) is 11.9 Å². The Bertz CT molecular complexity index is 1000. The number of pyridine rings is 1. The number of aromatic nitrogens is 1. The standard InChI is InChI=1S/C23H28N4O4/c1-15-11-16(2)21(24-13-15)25-7-9-26(10-8-25)22(28)18-5-6-19(20(12-18)30-4)27-17(3)14-31-23(27)29/h5-6,11-13,17H,7-10,14H2,1-4H3. The average Bonchev–Trinajstić information content (AvgIpc) is 3.11. The summed E-state index contributed by atoms with van der Waals surface area (Å²) in [5.41, 5.74) is 3.44. The van der Waals surface area contributed by atoms with Crippen LogP contribution in [0, 0.1) is 13.8 Å². The van der Waals surface area contributed by atoms with Crippen molar-refractivity contribution in [1.29, 1.82) is 0 Å². The maximum absolute atomic E-state index is 13.1. The summed E-state index contributed by atoms with van der Waals surface area (Å²) >= 11 is 0. The Kier molecular flexibility index (Phi) is 5.71. The molecule has 0 aliphatic carbocycles. The number of carbonyl (C=O) groups is 2. The molecule has 4 rings (SSSR count). The Hall–Kier alpha value is -3.29. The molecule has 1 aromatic heterocycles. The Morgan fingerprint density at radius 3 is 2.52 bits per heavy atom. The molecular weight excluding hydrogens is 396 g/mol. The van der Waals surface area contributed by atoms with Gasteiger partial charge in [-0.1, -0.05) is 6.07 Å². The van der Waals surface area contributed by atoms with Crippen LogP contribution in [0.5, 0.6) is 5.75 Å². The van der Waals surface area contributed by atoms with Crippen molar-refractivity contribution in [1.82, 2.24) is 9.88 Å². The van der Waals surface area contributed by atoms with Crippen LogP contribution in [-0.2, 0) is 4.74 Å². The minimum Gasteiger partial charge on any atom is -0.495 e. The van der Waals surface area contributed by atoms with E-state index in [9.17, 15) is 9.59 Å². The van der Waals surface area contributed by atoms with Crippen molar-refractivity contribution in [2.45, 2.75) is 26.8 Å². The molecule has 0 N–H and O–H groups in total. The number of nitrogens with zero attached hydrogens (tertiary/aromatic N) is 4. The molecule has 3 heterocycles. The van der Waals surface area contributed by atoms with Gasteiger partial charge in [0, 0.05) is 37.9 Å². The first-order valence-electron chi connectivity index (χ1n) is 10.5. The summed E-state index contributed by atoms with van der Waals surface area (Å²) in [6.45, 7) is 9.05. The number of ether oxygens (including phenoxy) is 2. The molecule has 2 saturated heterocycles. The summed E-state index contributed by atoms with van der Waals surface area (Å²) in [6.07, 6.45) is 1.48. The van der Waals surface area contributed by atoms with E-state index in [0.717, 1.165) is 30.0 Å². The Balaban J connectivity index is 1.47. The van der Waals surface area contributed by atoms with Gasteiger partial charge in [-0.25, -0.2) is 9.78 Å². The second-order valence-electron chi connectivity index (χ2n) is 8.11. The SMILES string of the molecule is COc1cc(C(=O)N2CCN(c3ncc(C)cc3C)CC2)ccc1N1C(=O)OCC1C. The highest BCUT2D eigenvalue weighted by molar-refractivity contribution is 5.97. The maximum Gasteiger partial charge on any atom is 0.414 e. The maximum atomic E-state index is 13.1. The second kappa shape index (κ2) is 8.45. The normalized spacial score (nSPS) is 18.9. The van der Waals surface area contributed by atoms with Crippen LogP contribution in [0.2, 0.25) is 0 Å². The number of benzene rings is 1. The number of amides is 2. The zero-order valence-electron chi connectivity index (χ0n) is 18.4. The van der Waals surface area contributed by atoms with E-state index in [1.54, 1.807) is 23.1 Å².